The third-order valence-corrected chi connectivity index (χ3v) is 6.80. The smallest absolute Gasteiger partial charge is 0.231 e. The minimum Gasteiger partial charge on any atom is -0.454 e. The van der Waals surface area contributed by atoms with Crippen LogP contribution in [-0.2, 0) is 0 Å². The van der Waals surface area contributed by atoms with Crippen molar-refractivity contribution < 1.29 is 19.1 Å². The highest BCUT2D eigenvalue weighted by atomic mass is 79.9. The molecule has 0 atom stereocenters. The van der Waals surface area contributed by atoms with Crippen molar-refractivity contribution >= 4 is 74.5 Å². The molecule has 0 aromatic heterocycles. The van der Waals surface area contributed by atoms with Gasteiger partial charge >= 0.3 is 0 Å². The van der Waals surface area contributed by atoms with Gasteiger partial charge in [-0.1, -0.05) is 68.9 Å². The maximum absolute atomic E-state index is 12.0. The molecule has 1 heterocycles. The van der Waals surface area contributed by atoms with Gasteiger partial charge in [0.05, 0.1) is 0 Å². The van der Waals surface area contributed by atoms with Crippen LogP contribution >= 0.6 is 50.7 Å². The van der Waals surface area contributed by atoms with Crippen molar-refractivity contribution in [1.29, 1.82) is 0 Å². The van der Waals surface area contributed by atoms with E-state index in [4.69, 9.17) is 44.3 Å². The Bertz CT molecular complexity index is 1550. The van der Waals surface area contributed by atoms with Gasteiger partial charge in [0.2, 0.25) is 6.79 Å². The summed E-state index contributed by atoms with van der Waals surface area (Å²) >= 11 is 20.9. The molecule has 5 rings (SSSR count). The van der Waals surface area contributed by atoms with Crippen LogP contribution in [0.5, 0.6) is 11.5 Å². The second-order valence-corrected chi connectivity index (χ2v) is 10.4. The van der Waals surface area contributed by atoms with Gasteiger partial charge in [-0.25, -0.2) is 0 Å². The van der Waals surface area contributed by atoms with Crippen LogP contribution < -0.4 is 9.47 Å². The monoisotopic (exact) mass is 640 g/mol. The van der Waals surface area contributed by atoms with E-state index in [0.29, 0.717) is 31.9 Å². The first-order valence-corrected chi connectivity index (χ1v) is 13.5. The summed E-state index contributed by atoms with van der Waals surface area (Å²) < 4.78 is 11.5. The third-order valence-electron chi connectivity index (χ3n) is 5.46. The van der Waals surface area contributed by atoms with Crippen molar-refractivity contribution in [2.75, 3.05) is 6.79 Å². The number of carbonyl (C=O) groups excluding carboxylic acids is 2. The number of fused-ring (bicyclic) bond motifs is 1. The first kappa shape index (κ1) is 28.7. The molecule has 8 heteroatoms. The number of halogens is 4. The van der Waals surface area contributed by atoms with Gasteiger partial charge in [0.25, 0.3) is 0 Å². The van der Waals surface area contributed by atoms with Gasteiger partial charge in [0.15, 0.2) is 23.1 Å². The Morgan fingerprint density at radius 2 is 1.26 bits per heavy atom. The highest BCUT2D eigenvalue weighted by molar-refractivity contribution is 9.10. The highest BCUT2D eigenvalue weighted by Gasteiger charge is 2.12. The molecule has 0 spiro atoms. The van der Waals surface area contributed by atoms with Gasteiger partial charge < -0.3 is 9.47 Å². The number of rotatable bonds is 6. The largest absolute Gasteiger partial charge is 0.454 e. The molecule has 4 aromatic carbocycles. The fraction of sp³-hybridized carbons (Fsp3) is 0.0323. The zero-order chi connectivity index (χ0) is 27.8. The predicted molar refractivity (Wildman–Crippen MR) is 161 cm³/mol. The number of ether oxygens (including phenoxy) is 2. The number of hydrogen-bond donors (Lipinski definition) is 0. The second kappa shape index (κ2) is 13.6. The minimum absolute atomic E-state index is 0.0323. The normalized spacial score (nSPS) is 11.9. The molecule has 39 heavy (non-hydrogen) atoms. The lowest BCUT2D eigenvalue weighted by Gasteiger charge is -1.99. The van der Waals surface area contributed by atoms with Crippen LogP contribution in [0.2, 0.25) is 15.1 Å². The summed E-state index contributed by atoms with van der Waals surface area (Å²) in [7, 11) is 0. The van der Waals surface area contributed by atoms with Crippen LogP contribution in [0, 0.1) is 0 Å². The zero-order valence-electron chi connectivity index (χ0n) is 20.2. The van der Waals surface area contributed by atoms with Gasteiger partial charge in [-0.15, -0.1) is 0 Å². The van der Waals surface area contributed by atoms with Crippen LogP contribution in [0.15, 0.2) is 102 Å². The molecule has 0 bridgehead atoms. The molecule has 0 fully saturated rings. The summed E-state index contributed by atoms with van der Waals surface area (Å²) in [6.07, 6.45) is 6.46. The summed E-state index contributed by atoms with van der Waals surface area (Å²) in [6, 6.07) is 24.7. The fourth-order valence-electron chi connectivity index (χ4n) is 3.41. The Labute approximate surface area is 249 Å². The molecule has 0 saturated heterocycles. The minimum atomic E-state index is -0.109. The number of carbonyl (C=O) groups is 2. The number of ketones is 2. The average Bonchev–Trinajstić information content (AvgIpc) is 3.40. The van der Waals surface area contributed by atoms with Gasteiger partial charge in [-0.2, -0.15) is 0 Å². The first-order valence-electron chi connectivity index (χ1n) is 11.6. The van der Waals surface area contributed by atoms with E-state index < -0.39 is 0 Å². The Hall–Kier alpha value is -3.35. The summed E-state index contributed by atoms with van der Waals surface area (Å²) in [5, 5.41) is 1.67. The second-order valence-electron chi connectivity index (χ2n) is 8.19. The third kappa shape index (κ3) is 8.32. The molecule has 0 amide bonds. The molecule has 0 unspecified atom stereocenters. The molecule has 1 aliphatic rings. The summed E-state index contributed by atoms with van der Waals surface area (Å²) in [5.41, 5.74) is 2.88. The van der Waals surface area contributed by atoms with Gasteiger partial charge in [0, 0.05) is 30.7 Å². The van der Waals surface area contributed by atoms with Crippen LogP contribution in [0.3, 0.4) is 0 Å². The SMILES string of the molecule is O=C(C=Cc1ccc(Cl)cc1Cl)c1ccc(Cl)cc1.O=C(C=Cc1ccc2c(c1)OCO2)c1ccc(Br)cc1. The lowest BCUT2D eigenvalue weighted by atomic mass is 10.1. The van der Waals surface area contributed by atoms with Crippen molar-refractivity contribution in [2.24, 2.45) is 0 Å². The van der Waals surface area contributed by atoms with E-state index in [1.165, 1.54) is 6.08 Å². The lowest BCUT2D eigenvalue weighted by molar-refractivity contribution is 0.103. The highest BCUT2D eigenvalue weighted by Crippen LogP contribution is 2.32. The van der Waals surface area contributed by atoms with Crippen molar-refractivity contribution in [3.63, 3.8) is 0 Å². The van der Waals surface area contributed by atoms with Crippen molar-refractivity contribution in [1.82, 2.24) is 0 Å². The standard InChI is InChI=1S/C16H11BrO3.C15H9Cl3O/c17-13-5-3-12(4-6-13)14(18)7-1-11-2-8-15-16(9-11)20-10-19-15;16-12-5-2-11(3-6-12)15(19)8-4-10-1-7-13(17)9-14(10)18/h1-9H,10H2;1-9H. The molecular weight excluding hydrogens is 623 g/mol. The Balaban J connectivity index is 0.000000181. The van der Waals surface area contributed by atoms with Gasteiger partial charge in [-0.3, -0.25) is 9.59 Å². The van der Waals surface area contributed by atoms with Crippen LogP contribution in [-0.4, -0.2) is 18.4 Å². The quantitative estimate of drug-likeness (QED) is 0.155. The summed E-state index contributed by atoms with van der Waals surface area (Å²) in [6.45, 7) is 0.250. The molecule has 0 N–H and O–H groups in total. The van der Waals surface area contributed by atoms with E-state index in [1.54, 1.807) is 72.8 Å². The topological polar surface area (TPSA) is 52.6 Å². The van der Waals surface area contributed by atoms with Crippen molar-refractivity contribution in [2.45, 2.75) is 0 Å². The van der Waals surface area contributed by atoms with Gasteiger partial charge in [-0.05, 0) is 102 Å². The molecule has 0 aliphatic carbocycles. The van der Waals surface area contributed by atoms with Crippen LogP contribution in [0.4, 0.5) is 0 Å². The fourth-order valence-corrected chi connectivity index (χ4v) is 4.27. The van der Waals surface area contributed by atoms with Crippen molar-refractivity contribution in [3.8, 4) is 11.5 Å². The Morgan fingerprint density at radius 1 is 0.667 bits per heavy atom. The van der Waals surface area contributed by atoms with E-state index in [-0.39, 0.29) is 18.4 Å². The molecule has 4 nitrogen and oxygen atoms in total. The van der Waals surface area contributed by atoms with Gasteiger partial charge in [0.1, 0.15) is 0 Å². The van der Waals surface area contributed by atoms with E-state index in [0.717, 1.165) is 21.3 Å². The van der Waals surface area contributed by atoms with E-state index in [2.05, 4.69) is 15.9 Å². The number of benzene rings is 4. The molecule has 0 saturated carbocycles. The van der Waals surface area contributed by atoms with E-state index in [1.807, 2.05) is 30.3 Å². The van der Waals surface area contributed by atoms with Crippen molar-refractivity contribution in [3.05, 3.63) is 139 Å². The van der Waals surface area contributed by atoms with Crippen LogP contribution in [0.1, 0.15) is 31.8 Å². The molecular formula is C31H20BrCl3O4. The number of hydrogen-bond acceptors (Lipinski definition) is 4. The Morgan fingerprint density at radius 3 is 1.92 bits per heavy atom. The van der Waals surface area contributed by atoms with E-state index >= 15 is 0 Å². The van der Waals surface area contributed by atoms with Crippen LogP contribution in [0.25, 0.3) is 12.2 Å². The first-order chi connectivity index (χ1) is 18.8. The summed E-state index contributed by atoms with van der Waals surface area (Å²) in [5.74, 6) is 1.31. The molecule has 0 radical (unpaired) electrons. The lowest BCUT2D eigenvalue weighted by Crippen LogP contribution is -1.93. The zero-order valence-corrected chi connectivity index (χ0v) is 24.1. The molecule has 1 aliphatic heterocycles. The maximum Gasteiger partial charge on any atom is 0.231 e. The average molecular weight is 643 g/mol. The predicted octanol–water partition coefficient (Wildman–Crippen LogP) is 9.62. The Kier molecular flexibility index (Phi) is 10.0. The van der Waals surface area contributed by atoms with E-state index in [9.17, 15) is 9.59 Å². The molecule has 4 aromatic rings. The number of allylic oxidation sites excluding steroid dienone is 2. The maximum atomic E-state index is 12.0. The molecule has 196 valence electrons. The summed E-state index contributed by atoms with van der Waals surface area (Å²) in [4.78, 5) is 23.9.